The van der Waals surface area contributed by atoms with Crippen LogP contribution >= 0.6 is 0 Å². The van der Waals surface area contributed by atoms with Crippen LogP contribution in [0.4, 0.5) is 4.39 Å². The van der Waals surface area contributed by atoms with Crippen LogP contribution in [0.3, 0.4) is 0 Å². The van der Waals surface area contributed by atoms with Gasteiger partial charge >= 0.3 is 0 Å². The molecule has 2 rings (SSSR count). The summed E-state index contributed by atoms with van der Waals surface area (Å²) in [7, 11) is -4.14. The first-order chi connectivity index (χ1) is 10.4. The molecule has 22 heavy (non-hydrogen) atoms. The Hall–Kier alpha value is -0.980. The first-order valence-electron chi connectivity index (χ1n) is 7.96. The van der Waals surface area contributed by atoms with E-state index < -0.39 is 10.1 Å². The third kappa shape index (κ3) is 6.02. The second kappa shape index (κ2) is 8.04. The summed E-state index contributed by atoms with van der Waals surface area (Å²) >= 11 is 0. The fourth-order valence-electron chi connectivity index (χ4n) is 3.29. The van der Waals surface area contributed by atoms with E-state index in [0.717, 1.165) is 24.9 Å². The Morgan fingerprint density at radius 1 is 1.14 bits per heavy atom. The molecule has 124 valence electrons. The molecule has 0 spiro atoms. The van der Waals surface area contributed by atoms with Crippen LogP contribution in [0.1, 0.15) is 44.1 Å². The zero-order chi connectivity index (χ0) is 16.0. The van der Waals surface area contributed by atoms with Crippen molar-refractivity contribution in [1.29, 1.82) is 0 Å². The zero-order valence-corrected chi connectivity index (χ0v) is 13.6. The number of halogens is 1. The molecule has 1 N–H and O–H groups in total. The third-order valence-electron chi connectivity index (χ3n) is 4.42. The van der Waals surface area contributed by atoms with Crippen molar-refractivity contribution in [3.63, 3.8) is 0 Å². The molecule has 6 heteroatoms. The SMILES string of the molecule is O=S(=O)([O-])CCC[NH+](Cc1ccc(F)cc1)C1CCCCC1. The van der Waals surface area contributed by atoms with Crippen molar-refractivity contribution < 1.29 is 22.3 Å². The van der Waals surface area contributed by atoms with Crippen molar-refractivity contribution >= 4 is 10.1 Å². The van der Waals surface area contributed by atoms with Gasteiger partial charge in [0.2, 0.25) is 0 Å². The van der Waals surface area contributed by atoms with Gasteiger partial charge in [0.15, 0.2) is 0 Å². The van der Waals surface area contributed by atoms with E-state index in [-0.39, 0.29) is 11.6 Å². The lowest BCUT2D eigenvalue weighted by Crippen LogP contribution is -3.14. The van der Waals surface area contributed by atoms with Crippen LogP contribution in [-0.2, 0) is 16.7 Å². The molecule has 0 saturated heterocycles. The zero-order valence-electron chi connectivity index (χ0n) is 12.8. The van der Waals surface area contributed by atoms with Crippen molar-refractivity contribution in [2.24, 2.45) is 0 Å². The van der Waals surface area contributed by atoms with E-state index in [1.165, 1.54) is 36.3 Å². The summed E-state index contributed by atoms with van der Waals surface area (Å²) in [4.78, 5) is 1.31. The Morgan fingerprint density at radius 3 is 2.36 bits per heavy atom. The van der Waals surface area contributed by atoms with Crippen LogP contribution in [-0.4, -0.2) is 31.3 Å². The molecule has 1 fully saturated rings. The minimum atomic E-state index is -4.14. The van der Waals surface area contributed by atoms with Gasteiger partial charge in [0, 0.05) is 17.7 Å². The van der Waals surface area contributed by atoms with E-state index in [2.05, 4.69) is 0 Å². The molecule has 0 heterocycles. The van der Waals surface area contributed by atoms with Crippen molar-refractivity contribution in [3.8, 4) is 0 Å². The van der Waals surface area contributed by atoms with Gasteiger partial charge in [0.05, 0.1) is 22.7 Å². The van der Waals surface area contributed by atoms with Gasteiger partial charge in [0.25, 0.3) is 0 Å². The predicted molar refractivity (Wildman–Crippen MR) is 82.0 cm³/mol. The summed E-state index contributed by atoms with van der Waals surface area (Å²) in [5, 5.41) is 0. The molecule has 1 aliphatic carbocycles. The molecule has 0 bridgehead atoms. The standard InChI is InChI=1S/C16H24FNO3S/c17-15-9-7-14(8-10-15)13-18(11-4-12-22(19,20)21)16-5-2-1-3-6-16/h7-10,16H,1-6,11-13H2,(H,19,20,21). The lowest BCUT2D eigenvalue weighted by atomic mass is 9.93. The topological polar surface area (TPSA) is 61.6 Å². The minimum Gasteiger partial charge on any atom is -0.748 e. The van der Waals surface area contributed by atoms with Crippen LogP contribution in [0, 0.1) is 5.82 Å². The van der Waals surface area contributed by atoms with Crippen LogP contribution in [0.25, 0.3) is 0 Å². The van der Waals surface area contributed by atoms with Crippen LogP contribution in [0.2, 0.25) is 0 Å². The lowest BCUT2D eigenvalue weighted by Gasteiger charge is -2.31. The molecular weight excluding hydrogens is 305 g/mol. The van der Waals surface area contributed by atoms with E-state index in [4.69, 9.17) is 0 Å². The number of hydrogen-bond acceptors (Lipinski definition) is 3. The molecule has 0 radical (unpaired) electrons. The van der Waals surface area contributed by atoms with Crippen molar-refractivity contribution in [2.45, 2.75) is 51.1 Å². The predicted octanol–water partition coefficient (Wildman–Crippen LogP) is 1.48. The fourth-order valence-corrected chi connectivity index (χ4v) is 3.79. The summed E-state index contributed by atoms with van der Waals surface area (Å²) in [5.41, 5.74) is 1.05. The maximum absolute atomic E-state index is 13.0. The highest BCUT2D eigenvalue weighted by Crippen LogP contribution is 2.16. The number of benzene rings is 1. The molecule has 1 unspecified atom stereocenters. The average molecular weight is 329 g/mol. The van der Waals surface area contributed by atoms with Crippen molar-refractivity contribution in [2.75, 3.05) is 12.3 Å². The highest BCUT2D eigenvalue weighted by molar-refractivity contribution is 7.85. The van der Waals surface area contributed by atoms with E-state index in [1.54, 1.807) is 12.1 Å². The van der Waals surface area contributed by atoms with Crippen molar-refractivity contribution in [1.82, 2.24) is 0 Å². The average Bonchev–Trinajstić information content (AvgIpc) is 2.48. The summed E-state index contributed by atoms with van der Waals surface area (Å²) in [6, 6.07) is 6.98. The molecule has 1 saturated carbocycles. The first kappa shape index (κ1) is 17.4. The second-order valence-electron chi connectivity index (χ2n) is 6.16. The van der Waals surface area contributed by atoms with E-state index in [1.807, 2.05) is 0 Å². The highest BCUT2D eigenvalue weighted by atomic mass is 32.2. The summed E-state index contributed by atoms with van der Waals surface area (Å²) < 4.78 is 45.3. The van der Waals surface area contributed by atoms with Crippen LogP contribution in [0.5, 0.6) is 0 Å². The third-order valence-corrected chi connectivity index (χ3v) is 5.21. The maximum atomic E-state index is 13.0. The molecule has 0 aromatic heterocycles. The van der Waals surface area contributed by atoms with Gasteiger partial charge in [-0.1, -0.05) is 18.6 Å². The molecule has 1 aromatic rings. The van der Waals surface area contributed by atoms with Gasteiger partial charge in [-0.15, -0.1) is 0 Å². The lowest BCUT2D eigenvalue weighted by molar-refractivity contribution is -0.940. The fraction of sp³-hybridized carbons (Fsp3) is 0.625. The Kier molecular flexibility index (Phi) is 6.35. The van der Waals surface area contributed by atoms with Crippen molar-refractivity contribution in [3.05, 3.63) is 35.6 Å². The van der Waals surface area contributed by atoms with Gasteiger partial charge < -0.3 is 9.45 Å². The summed E-state index contributed by atoms with van der Waals surface area (Å²) in [5.74, 6) is -0.549. The summed E-state index contributed by atoms with van der Waals surface area (Å²) in [6.45, 7) is 1.42. The number of quaternary nitrogens is 1. The largest absolute Gasteiger partial charge is 0.748 e. The van der Waals surface area contributed by atoms with Gasteiger partial charge in [0.1, 0.15) is 12.4 Å². The molecule has 0 aliphatic heterocycles. The molecular formula is C16H24FNO3S. The van der Waals surface area contributed by atoms with Crippen LogP contribution < -0.4 is 4.90 Å². The van der Waals surface area contributed by atoms with E-state index >= 15 is 0 Å². The second-order valence-corrected chi connectivity index (χ2v) is 7.69. The first-order valence-corrected chi connectivity index (χ1v) is 9.54. The Balaban J connectivity index is 1.98. The van der Waals surface area contributed by atoms with Gasteiger partial charge in [-0.3, -0.25) is 0 Å². The minimum absolute atomic E-state index is 0.250. The Bertz CT molecular complexity index is 553. The van der Waals surface area contributed by atoms with Gasteiger partial charge in [-0.25, -0.2) is 12.8 Å². The maximum Gasteiger partial charge on any atom is 0.123 e. The van der Waals surface area contributed by atoms with Gasteiger partial charge in [-0.05, 0) is 37.8 Å². The number of nitrogens with one attached hydrogen (secondary N) is 1. The highest BCUT2D eigenvalue weighted by Gasteiger charge is 2.24. The Labute approximate surface area is 132 Å². The Morgan fingerprint density at radius 2 is 1.77 bits per heavy atom. The molecule has 1 atom stereocenters. The quantitative estimate of drug-likeness (QED) is 0.771. The molecule has 0 amide bonds. The van der Waals surface area contributed by atoms with E-state index in [0.29, 0.717) is 19.0 Å². The number of hydrogen-bond donors (Lipinski definition) is 1. The number of rotatable bonds is 7. The van der Waals surface area contributed by atoms with Crippen LogP contribution in [0.15, 0.2) is 24.3 Å². The molecule has 1 aromatic carbocycles. The molecule has 1 aliphatic rings. The van der Waals surface area contributed by atoms with Gasteiger partial charge in [-0.2, -0.15) is 0 Å². The molecule has 4 nitrogen and oxygen atoms in total. The normalized spacial score (nSPS) is 18.3. The summed E-state index contributed by atoms with van der Waals surface area (Å²) in [6.07, 6.45) is 6.34. The smallest absolute Gasteiger partial charge is 0.123 e. The monoisotopic (exact) mass is 329 g/mol. The van der Waals surface area contributed by atoms with E-state index in [9.17, 15) is 17.4 Å².